The van der Waals surface area contributed by atoms with Gasteiger partial charge in [-0.05, 0) is 43.1 Å². The molecule has 0 unspecified atom stereocenters. The molecule has 0 nitrogen and oxygen atoms in total. The van der Waals surface area contributed by atoms with Crippen molar-refractivity contribution in [3.05, 3.63) is 130 Å². The van der Waals surface area contributed by atoms with Gasteiger partial charge in [-0.25, -0.2) is 0 Å². The maximum absolute atomic E-state index is 7.25. The van der Waals surface area contributed by atoms with Crippen LogP contribution in [0.3, 0.4) is 0 Å². The van der Waals surface area contributed by atoms with E-state index in [1.807, 2.05) is 0 Å². The molecule has 5 aromatic carbocycles. The summed E-state index contributed by atoms with van der Waals surface area (Å²) in [6, 6.07) is 36.8. The van der Waals surface area contributed by atoms with Crippen LogP contribution in [-0.2, 0) is 0 Å². The summed E-state index contributed by atoms with van der Waals surface area (Å²) >= 11 is 7.25. The normalized spacial score (nSPS) is 14.4. The van der Waals surface area contributed by atoms with Crippen molar-refractivity contribution in [2.45, 2.75) is 0 Å². The lowest BCUT2D eigenvalue weighted by atomic mass is 9.93. The van der Waals surface area contributed by atoms with Gasteiger partial charge >= 0.3 is 0 Å². The third-order valence-corrected chi connectivity index (χ3v) is 7.03. The second-order valence-electron chi connectivity index (χ2n) is 8.19. The highest BCUT2D eigenvalue weighted by atomic mass is 35.5. The first-order valence-electron chi connectivity index (χ1n) is 10.6. The van der Waals surface area contributed by atoms with Crippen LogP contribution in [-0.4, -0.2) is 0 Å². The standard InChI is InChI=1S/C30H17Cl/c31-30-27-22-15-7-5-13-20(22)19-12-4-6-14-21(19)26(27)29-25(18-10-2-1-3-11-18)23-16-8-9-17-24(23)28(29)30/h1-17H. The van der Waals surface area contributed by atoms with Gasteiger partial charge in [0.25, 0.3) is 0 Å². The van der Waals surface area contributed by atoms with Gasteiger partial charge in [0.1, 0.15) is 0 Å². The number of benzene rings is 5. The lowest BCUT2D eigenvalue weighted by Gasteiger charge is -2.10. The van der Waals surface area contributed by atoms with Gasteiger partial charge in [-0.2, -0.15) is 0 Å². The molecule has 7 rings (SSSR count). The number of hydrogen-bond acceptors (Lipinski definition) is 0. The summed E-state index contributed by atoms with van der Waals surface area (Å²) in [6.45, 7) is 0. The summed E-state index contributed by atoms with van der Waals surface area (Å²) in [5, 5.41) is 10.8. The molecule has 0 N–H and O–H groups in total. The van der Waals surface area contributed by atoms with Crippen LogP contribution in [0.2, 0.25) is 0 Å². The van der Waals surface area contributed by atoms with Crippen molar-refractivity contribution in [3.8, 4) is 0 Å². The fourth-order valence-electron chi connectivity index (χ4n) is 5.45. The maximum Gasteiger partial charge on any atom is 0.0576 e. The van der Waals surface area contributed by atoms with Crippen LogP contribution in [0, 0.1) is 0 Å². The summed E-state index contributed by atoms with van der Waals surface area (Å²) < 4.78 is 0. The first kappa shape index (κ1) is 17.1. The molecule has 0 spiro atoms. The van der Waals surface area contributed by atoms with Crippen LogP contribution in [0.25, 0.3) is 43.3 Å². The molecule has 144 valence electrons. The zero-order valence-electron chi connectivity index (χ0n) is 16.7. The summed E-state index contributed by atoms with van der Waals surface area (Å²) in [5.41, 5.74) is 4.96. The molecule has 0 aromatic heterocycles. The average Bonchev–Trinajstić information content (AvgIpc) is 3.33. The minimum absolute atomic E-state index is 0.866. The van der Waals surface area contributed by atoms with Crippen molar-refractivity contribution < 1.29 is 0 Å². The molecule has 0 radical (unpaired) electrons. The van der Waals surface area contributed by atoms with E-state index < -0.39 is 0 Å². The van der Waals surface area contributed by atoms with Crippen LogP contribution in [0.15, 0.2) is 103 Å². The Morgan fingerprint density at radius 3 is 1.52 bits per heavy atom. The molecule has 31 heavy (non-hydrogen) atoms. The lowest BCUT2D eigenvalue weighted by molar-refractivity contribution is 1.50. The van der Waals surface area contributed by atoms with E-state index in [0.717, 1.165) is 5.03 Å². The molecule has 0 heterocycles. The zero-order valence-corrected chi connectivity index (χ0v) is 17.4. The average molecular weight is 413 g/mol. The predicted octanol–water partition coefficient (Wildman–Crippen LogP) is 4.57. The largest absolute Gasteiger partial charge is 0.0829 e. The second-order valence-corrected chi connectivity index (χ2v) is 8.57. The number of fused-ring (bicyclic) bond motifs is 8. The fraction of sp³-hybridized carbons (Fsp3) is 0. The highest BCUT2D eigenvalue weighted by Gasteiger charge is 2.30. The van der Waals surface area contributed by atoms with E-state index in [1.54, 1.807) is 0 Å². The van der Waals surface area contributed by atoms with Gasteiger partial charge in [0, 0.05) is 21.6 Å². The van der Waals surface area contributed by atoms with Gasteiger partial charge in [0.2, 0.25) is 0 Å². The van der Waals surface area contributed by atoms with Crippen LogP contribution in [0.4, 0.5) is 0 Å². The number of rotatable bonds is 1. The zero-order chi connectivity index (χ0) is 20.5. The van der Waals surface area contributed by atoms with Crippen LogP contribution in [0.1, 0.15) is 5.56 Å². The number of halogens is 1. The highest BCUT2D eigenvalue weighted by molar-refractivity contribution is 6.59. The van der Waals surface area contributed by atoms with Crippen molar-refractivity contribution in [2.24, 2.45) is 0 Å². The van der Waals surface area contributed by atoms with Gasteiger partial charge in [0.05, 0.1) is 5.03 Å². The summed E-state index contributed by atoms with van der Waals surface area (Å²) in [7, 11) is 0. The molecule has 0 fully saturated rings. The first-order valence-corrected chi connectivity index (χ1v) is 11.0. The molecule has 0 bridgehead atoms. The first-order chi connectivity index (χ1) is 15.3. The van der Waals surface area contributed by atoms with E-state index in [-0.39, 0.29) is 0 Å². The third kappa shape index (κ3) is 2.15. The molecular formula is C30H17Cl. The van der Waals surface area contributed by atoms with Crippen molar-refractivity contribution in [1.82, 2.24) is 0 Å². The van der Waals surface area contributed by atoms with E-state index in [9.17, 15) is 0 Å². The van der Waals surface area contributed by atoms with Crippen molar-refractivity contribution in [2.75, 3.05) is 0 Å². The quantitative estimate of drug-likeness (QED) is 0.354. The van der Waals surface area contributed by atoms with Crippen LogP contribution in [0.5, 0.6) is 0 Å². The van der Waals surface area contributed by atoms with E-state index >= 15 is 0 Å². The maximum atomic E-state index is 7.25. The van der Waals surface area contributed by atoms with Gasteiger partial charge in [-0.1, -0.05) is 115 Å². The molecule has 0 atom stereocenters. The Kier molecular flexibility index (Phi) is 3.42. The summed E-state index contributed by atoms with van der Waals surface area (Å²) in [4.78, 5) is 0. The Hall–Kier alpha value is -3.61. The fourth-order valence-corrected chi connectivity index (χ4v) is 5.84. The third-order valence-electron chi connectivity index (χ3n) is 6.65. The van der Waals surface area contributed by atoms with Gasteiger partial charge in [0.15, 0.2) is 0 Å². The van der Waals surface area contributed by atoms with E-state index in [1.165, 1.54) is 64.7 Å². The van der Waals surface area contributed by atoms with Crippen LogP contribution >= 0.6 is 11.6 Å². The molecule has 0 aliphatic heterocycles. The van der Waals surface area contributed by atoms with Crippen LogP contribution < -0.4 is 20.9 Å². The van der Waals surface area contributed by atoms with Gasteiger partial charge < -0.3 is 0 Å². The lowest BCUT2D eigenvalue weighted by Crippen LogP contribution is -2.29. The molecule has 2 aliphatic carbocycles. The van der Waals surface area contributed by atoms with E-state index in [0.29, 0.717) is 0 Å². The molecule has 5 aromatic rings. The minimum Gasteiger partial charge on any atom is -0.0829 e. The molecule has 0 amide bonds. The molecule has 0 saturated carbocycles. The molecule has 2 aliphatic rings. The minimum atomic E-state index is 0.866. The number of hydrogen-bond donors (Lipinski definition) is 0. The Bertz CT molecular complexity index is 1820. The second kappa shape index (κ2) is 6.20. The molecule has 1 heteroatoms. The Balaban J connectivity index is 1.86. The predicted molar refractivity (Wildman–Crippen MR) is 131 cm³/mol. The summed E-state index contributed by atoms with van der Waals surface area (Å²) in [6.07, 6.45) is 0. The Morgan fingerprint density at radius 1 is 0.387 bits per heavy atom. The summed E-state index contributed by atoms with van der Waals surface area (Å²) in [5.74, 6) is 0. The van der Waals surface area contributed by atoms with E-state index in [2.05, 4.69) is 103 Å². The topological polar surface area (TPSA) is 0 Å². The molecule has 0 saturated heterocycles. The Labute approximate surface area is 184 Å². The Morgan fingerprint density at radius 2 is 0.871 bits per heavy atom. The monoisotopic (exact) mass is 412 g/mol. The molecular weight excluding hydrogens is 396 g/mol. The van der Waals surface area contributed by atoms with E-state index in [4.69, 9.17) is 11.6 Å². The van der Waals surface area contributed by atoms with Gasteiger partial charge in [-0.3, -0.25) is 0 Å². The highest BCUT2D eigenvalue weighted by Crippen LogP contribution is 2.39. The van der Waals surface area contributed by atoms with Crippen molar-refractivity contribution in [3.63, 3.8) is 0 Å². The van der Waals surface area contributed by atoms with Crippen molar-refractivity contribution >= 4 is 54.9 Å². The SMILES string of the molecule is ClC1=c2c(c3ccccc3c3ccccc23)=C2C1=c1ccccc1=C2c1ccccc1. The smallest absolute Gasteiger partial charge is 0.0576 e. The van der Waals surface area contributed by atoms with Crippen molar-refractivity contribution in [1.29, 1.82) is 0 Å². The van der Waals surface area contributed by atoms with Gasteiger partial charge in [-0.15, -0.1) is 0 Å².